The zero-order chi connectivity index (χ0) is 10.7. The smallest absolute Gasteiger partial charge is 0.387 e. The third kappa shape index (κ3) is 2.12. The van der Waals surface area contributed by atoms with Gasteiger partial charge in [-0.1, -0.05) is 11.6 Å². The minimum absolute atomic E-state index is 0.0269. The van der Waals surface area contributed by atoms with Crippen LogP contribution in [0, 0.1) is 18.3 Å². The number of alkyl halides is 2. The molecule has 0 amide bonds. The van der Waals surface area contributed by atoms with Crippen molar-refractivity contribution in [2.45, 2.75) is 13.5 Å². The molecular weight excluding hydrogens is 212 g/mol. The van der Waals surface area contributed by atoms with Gasteiger partial charge < -0.3 is 4.74 Å². The van der Waals surface area contributed by atoms with Crippen molar-refractivity contribution in [3.05, 3.63) is 28.3 Å². The Kier molecular flexibility index (Phi) is 3.26. The molecule has 0 unspecified atom stereocenters. The highest BCUT2D eigenvalue weighted by atomic mass is 35.5. The molecule has 1 aromatic rings. The quantitative estimate of drug-likeness (QED) is 0.763. The minimum atomic E-state index is -2.90. The summed E-state index contributed by atoms with van der Waals surface area (Å²) in [6, 6.07) is 4.48. The van der Waals surface area contributed by atoms with Crippen LogP contribution in [0.25, 0.3) is 0 Å². The number of ether oxygens (including phenoxy) is 1. The third-order valence-corrected chi connectivity index (χ3v) is 2.01. The zero-order valence-corrected chi connectivity index (χ0v) is 7.98. The van der Waals surface area contributed by atoms with Crippen LogP contribution < -0.4 is 4.74 Å². The van der Waals surface area contributed by atoms with E-state index in [0.29, 0.717) is 5.56 Å². The molecule has 1 aromatic carbocycles. The first-order valence-electron chi connectivity index (χ1n) is 3.70. The molecule has 0 atom stereocenters. The third-order valence-electron chi connectivity index (χ3n) is 1.69. The molecule has 0 fully saturated rings. The van der Waals surface area contributed by atoms with Gasteiger partial charge in [0.2, 0.25) is 0 Å². The van der Waals surface area contributed by atoms with Gasteiger partial charge in [0.15, 0.2) is 0 Å². The average Bonchev–Trinajstić information content (AvgIpc) is 2.10. The normalized spacial score (nSPS) is 10.0. The molecule has 0 aromatic heterocycles. The maximum atomic E-state index is 11.9. The predicted molar refractivity (Wildman–Crippen MR) is 47.5 cm³/mol. The van der Waals surface area contributed by atoms with E-state index in [1.165, 1.54) is 19.1 Å². The Morgan fingerprint density at radius 1 is 1.50 bits per heavy atom. The summed E-state index contributed by atoms with van der Waals surface area (Å²) in [5.74, 6) is -0.0269. The molecule has 1 rings (SSSR count). The average molecular weight is 218 g/mol. The summed E-state index contributed by atoms with van der Waals surface area (Å²) in [4.78, 5) is 0. The number of nitriles is 1. The predicted octanol–water partition coefficient (Wildman–Crippen LogP) is 3.12. The topological polar surface area (TPSA) is 33.0 Å². The molecular formula is C9H6ClF2NO. The van der Waals surface area contributed by atoms with Crippen LogP contribution in [-0.2, 0) is 0 Å². The Morgan fingerprint density at radius 2 is 2.14 bits per heavy atom. The van der Waals surface area contributed by atoms with Crippen molar-refractivity contribution in [3.8, 4) is 11.8 Å². The van der Waals surface area contributed by atoms with E-state index in [1.807, 2.05) is 6.07 Å². The summed E-state index contributed by atoms with van der Waals surface area (Å²) in [6.45, 7) is -1.40. The maximum absolute atomic E-state index is 11.9. The molecule has 2 nitrogen and oxygen atoms in total. The monoisotopic (exact) mass is 217 g/mol. The van der Waals surface area contributed by atoms with Crippen molar-refractivity contribution in [1.29, 1.82) is 5.26 Å². The van der Waals surface area contributed by atoms with Crippen molar-refractivity contribution in [1.82, 2.24) is 0 Å². The van der Waals surface area contributed by atoms with Crippen LogP contribution >= 0.6 is 11.6 Å². The lowest BCUT2D eigenvalue weighted by molar-refractivity contribution is -0.0503. The van der Waals surface area contributed by atoms with E-state index >= 15 is 0 Å². The molecule has 0 aliphatic heterocycles. The Morgan fingerprint density at radius 3 is 2.64 bits per heavy atom. The van der Waals surface area contributed by atoms with Gasteiger partial charge in [0.05, 0.1) is 10.6 Å². The van der Waals surface area contributed by atoms with Crippen LogP contribution in [0.3, 0.4) is 0 Å². The highest BCUT2D eigenvalue weighted by Crippen LogP contribution is 2.28. The summed E-state index contributed by atoms with van der Waals surface area (Å²) in [6.07, 6.45) is 0. The van der Waals surface area contributed by atoms with Gasteiger partial charge in [0.25, 0.3) is 0 Å². The van der Waals surface area contributed by atoms with E-state index in [2.05, 4.69) is 4.74 Å². The molecule has 0 aliphatic carbocycles. The van der Waals surface area contributed by atoms with E-state index in [-0.39, 0.29) is 16.3 Å². The van der Waals surface area contributed by atoms with Crippen LogP contribution in [0.15, 0.2) is 12.1 Å². The molecule has 74 valence electrons. The van der Waals surface area contributed by atoms with Gasteiger partial charge in [-0.2, -0.15) is 14.0 Å². The number of benzene rings is 1. The molecule has 0 radical (unpaired) electrons. The van der Waals surface area contributed by atoms with Crippen LogP contribution in [-0.4, -0.2) is 6.61 Å². The van der Waals surface area contributed by atoms with Crippen molar-refractivity contribution >= 4 is 11.6 Å². The van der Waals surface area contributed by atoms with Crippen molar-refractivity contribution < 1.29 is 13.5 Å². The van der Waals surface area contributed by atoms with E-state index in [4.69, 9.17) is 16.9 Å². The summed E-state index contributed by atoms with van der Waals surface area (Å²) < 4.78 is 28.0. The van der Waals surface area contributed by atoms with Gasteiger partial charge in [-0.3, -0.25) is 0 Å². The van der Waals surface area contributed by atoms with E-state index < -0.39 is 6.61 Å². The summed E-state index contributed by atoms with van der Waals surface area (Å²) in [7, 11) is 0. The standard InChI is InChI=1S/C9H6ClF2NO/c1-5-6(4-13)7(10)2-3-8(5)14-9(11)12/h2-3,9H,1H3. The second-order valence-corrected chi connectivity index (χ2v) is 2.94. The lowest BCUT2D eigenvalue weighted by atomic mass is 10.1. The lowest BCUT2D eigenvalue weighted by Crippen LogP contribution is -2.04. The Labute approximate surface area is 84.7 Å². The second kappa shape index (κ2) is 4.25. The largest absolute Gasteiger partial charge is 0.435 e. The van der Waals surface area contributed by atoms with E-state index in [0.717, 1.165) is 0 Å². The fraction of sp³-hybridized carbons (Fsp3) is 0.222. The number of rotatable bonds is 2. The zero-order valence-electron chi connectivity index (χ0n) is 7.22. The molecule has 0 N–H and O–H groups in total. The van der Waals surface area contributed by atoms with Crippen LogP contribution in [0.2, 0.25) is 5.02 Å². The van der Waals surface area contributed by atoms with Crippen LogP contribution in [0.1, 0.15) is 11.1 Å². The van der Waals surface area contributed by atoms with Gasteiger partial charge in [-0.25, -0.2) is 0 Å². The van der Waals surface area contributed by atoms with Gasteiger partial charge >= 0.3 is 6.61 Å². The molecule has 0 saturated carbocycles. The minimum Gasteiger partial charge on any atom is -0.435 e. The first-order chi connectivity index (χ1) is 6.56. The van der Waals surface area contributed by atoms with Gasteiger partial charge in [0.1, 0.15) is 11.8 Å². The second-order valence-electron chi connectivity index (χ2n) is 2.54. The summed E-state index contributed by atoms with van der Waals surface area (Å²) in [5, 5.41) is 8.91. The first kappa shape index (κ1) is 10.7. The molecule has 5 heteroatoms. The number of hydrogen-bond donors (Lipinski definition) is 0. The van der Waals surface area contributed by atoms with Crippen LogP contribution in [0.5, 0.6) is 5.75 Å². The first-order valence-corrected chi connectivity index (χ1v) is 4.08. The highest BCUT2D eigenvalue weighted by Gasteiger charge is 2.12. The molecule has 0 saturated heterocycles. The molecule has 0 spiro atoms. The van der Waals surface area contributed by atoms with E-state index in [1.54, 1.807) is 0 Å². The molecule has 0 heterocycles. The van der Waals surface area contributed by atoms with E-state index in [9.17, 15) is 8.78 Å². The fourth-order valence-electron chi connectivity index (χ4n) is 1.02. The number of halogens is 3. The van der Waals surface area contributed by atoms with Crippen LogP contribution in [0.4, 0.5) is 8.78 Å². The number of hydrogen-bond acceptors (Lipinski definition) is 2. The SMILES string of the molecule is Cc1c(OC(F)F)ccc(Cl)c1C#N. The Bertz CT molecular complexity index is 387. The number of nitrogens with zero attached hydrogens (tertiary/aromatic N) is 1. The highest BCUT2D eigenvalue weighted by molar-refractivity contribution is 6.31. The van der Waals surface area contributed by atoms with Gasteiger partial charge in [0, 0.05) is 5.56 Å². The lowest BCUT2D eigenvalue weighted by Gasteiger charge is -2.09. The Balaban J connectivity index is 3.16. The van der Waals surface area contributed by atoms with Crippen molar-refractivity contribution in [2.75, 3.05) is 0 Å². The van der Waals surface area contributed by atoms with Crippen molar-refractivity contribution in [2.24, 2.45) is 0 Å². The maximum Gasteiger partial charge on any atom is 0.387 e. The van der Waals surface area contributed by atoms with Gasteiger partial charge in [-0.15, -0.1) is 0 Å². The Hall–Kier alpha value is -1.34. The summed E-state index contributed by atoms with van der Waals surface area (Å²) in [5.41, 5.74) is 0.477. The fourth-order valence-corrected chi connectivity index (χ4v) is 1.27. The summed E-state index contributed by atoms with van der Waals surface area (Å²) >= 11 is 5.67. The van der Waals surface area contributed by atoms with Crippen molar-refractivity contribution in [3.63, 3.8) is 0 Å². The molecule has 0 aliphatic rings. The molecule has 14 heavy (non-hydrogen) atoms. The van der Waals surface area contributed by atoms with Gasteiger partial charge in [-0.05, 0) is 19.1 Å². The molecule has 0 bridgehead atoms.